The van der Waals surface area contributed by atoms with Gasteiger partial charge in [0, 0.05) is 18.6 Å². The fourth-order valence-corrected chi connectivity index (χ4v) is 6.77. The molecule has 1 aliphatic heterocycles. The average Bonchev–Trinajstić information content (AvgIpc) is 2.71. The van der Waals surface area contributed by atoms with E-state index in [9.17, 15) is 16.8 Å². The van der Waals surface area contributed by atoms with Gasteiger partial charge >= 0.3 is 0 Å². The van der Waals surface area contributed by atoms with Crippen LogP contribution in [0.5, 0.6) is 0 Å². The molecule has 0 aromatic heterocycles. The van der Waals surface area contributed by atoms with E-state index < -0.39 is 25.4 Å². The van der Waals surface area contributed by atoms with Gasteiger partial charge in [0.2, 0.25) is 10.0 Å². The Morgan fingerprint density at radius 1 is 1.29 bits per heavy atom. The highest BCUT2D eigenvalue weighted by molar-refractivity contribution is 7.92. The molecular weight excluding hydrogens is 312 g/mol. The highest BCUT2D eigenvalue weighted by Gasteiger charge is 2.47. The van der Waals surface area contributed by atoms with Crippen LogP contribution in [-0.4, -0.2) is 51.3 Å². The quantitative estimate of drug-likeness (QED) is 0.831. The first-order valence-electron chi connectivity index (χ1n) is 6.70. The van der Waals surface area contributed by atoms with E-state index in [1.807, 2.05) is 0 Å². The summed E-state index contributed by atoms with van der Waals surface area (Å²) in [6, 6.07) is 8.02. The van der Waals surface area contributed by atoms with E-state index >= 15 is 0 Å². The lowest BCUT2D eigenvalue weighted by Gasteiger charge is -2.36. The van der Waals surface area contributed by atoms with E-state index in [1.165, 1.54) is 16.4 Å². The zero-order chi connectivity index (χ0) is 15.7. The molecule has 1 fully saturated rings. The second kappa shape index (κ2) is 5.68. The SMILES string of the molecule is C[C@]1(N(CCN)S(=O)(=O)c2ccccc2)CCS(=O)(=O)C1. The summed E-state index contributed by atoms with van der Waals surface area (Å²) in [7, 11) is -6.97. The number of benzene rings is 1. The van der Waals surface area contributed by atoms with Gasteiger partial charge in [0.1, 0.15) is 0 Å². The number of hydrogen-bond acceptors (Lipinski definition) is 5. The first-order chi connectivity index (χ1) is 9.71. The molecule has 21 heavy (non-hydrogen) atoms. The van der Waals surface area contributed by atoms with Gasteiger partial charge in [-0.15, -0.1) is 0 Å². The van der Waals surface area contributed by atoms with Gasteiger partial charge in [0.25, 0.3) is 0 Å². The van der Waals surface area contributed by atoms with E-state index in [-0.39, 0.29) is 29.5 Å². The first-order valence-corrected chi connectivity index (χ1v) is 9.96. The highest BCUT2D eigenvalue weighted by Crippen LogP contribution is 2.33. The summed E-state index contributed by atoms with van der Waals surface area (Å²) < 4.78 is 50.4. The number of sulfone groups is 1. The Labute approximate surface area is 125 Å². The van der Waals surface area contributed by atoms with Gasteiger partial charge < -0.3 is 5.73 Å². The standard InChI is InChI=1S/C13H20N2O4S2/c1-13(7-10-20(16,17)11-13)15(9-8-14)21(18,19)12-5-3-2-4-6-12/h2-6H,7-11,14H2,1H3/t13-/m0/s1. The molecule has 1 aromatic carbocycles. The van der Waals surface area contributed by atoms with Gasteiger partial charge in [-0.1, -0.05) is 18.2 Å². The predicted molar refractivity (Wildman–Crippen MR) is 81.1 cm³/mol. The van der Waals surface area contributed by atoms with Crippen LogP contribution in [0.15, 0.2) is 35.2 Å². The lowest BCUT2D eigenvalue weighted by molar-refractivity contribution is 0.238. The number of hydrogen-bond donors (Lipinski definition) is 1. The second-order valence-electron chi connectivity index (χ2n) is 5.52. The Morgan fingerprint density at radius 2 is 1.90 bits per heavy atom. The minimum atomic E-state index is -3.77. The average molecular weight is 332 g/mol. The smallest absolute Gasteiger partial charge is 0.243 e. The molecule has 2 rings (SSSR count). The van der Waals surface area contributed by atoms with Crippen LogP contribution in [0.4, 0.5) is 0 Å². The van der Waals surface area contributed by atoms with Crippen molar-refractivity contribution in [3.63, 3.8) is 0 Å². The van der Waals surface area contributed by atoms with Crippen molar-refractivity contribution in [2.24, 2.45) is 5.73 Å². The van der Waals surface area contributed by atoms with E-state index in [0.29, 0.717) is 6.42 Å². The van der Waals surface area contributed by atoms with Crippen molar-refractivity contribution in [3.8, 4) is 0 Å². The fraction of sp³-hybridized carbons (Fsp3) is 0.538. The van der Waals surface area contributed by atoms with Crippen molar-refractivity contribution in [2.75, 3.05) is 24.6 Å². The molecule has 6 nitrogen and oxygen atoms in total. The minimum Gasteiger partial charge on any atom is -0.329 e. The van der Waals surface area contributed by atoms with E-state index in [2.05, 4.69) is 0 Å². The van der Waals surface area contributed by atoms with Crippen LogP contribution in [-0.2, 0) is 19.9 Å². The summed E-state index contributed by atoms with van der Waals surface area (Å²) in [6.07, 6.45) is 0.293. The monoisotopic (exact) mass is 332 g/mol. The molecule has 1 aliphatic rings. The van der Waals surface area contributed by atoms with E-state index in [1.54, 1.807) is 25.1 Å². The van der Waals surface area contributed by atoms with Crippen LogP contribution in [0.25, 0.3) is 0 Å². The molecule has 2 N–H and O–H groups in total. The maximum atomic E-state index is 12.8. The summed E-state index contributed by atoms with van der Waals surface area (Å²) in [5, 5.41) is 0. The molecule has 1 atom stereocenters. The summed E-state index contributed by atoms with van der Waals surface area (Å²) in [6.45, 7) is 1.92. The van der Waals surface area contributed by atoms with Gasteiger partial charge in [0.15, 0.2) is 9.84 Å². The van der Waals surface area contributed by atoms with Crippen molar-refractivity contribution < 1.29 is 16.8 Å². The molecule has 0 amide bonds. The van der Waals surface area contributed by atoms with Crippen LogP contribution in [0.2, 0.25) is 0 Å². The van der Waals surface area contributed by atoms with Gasteiger partial charge in [-0.25, -0.2) is 16.8 Å². The van der Waals surface area contributed by atoms with Gasteiger partial charge in [-0.3, -0.25) is 0 Å². The van der Waals surface area contributed by atoms with Crippen LogP contribution in [0, 0.1) is 0 Å². The Bertz CT molecular complexity index is 701. The zero-order valence-corrected chi connectivity index (χ0v) is 13.5. The molecule has 0 aliphatic carbocycles. The maximum absolute atomic E-state index is 12.8. The summed E-state index contributed by atoms with van der Waals surface area (Å²) >= 11 is 0. The highest BCUT2D eigenvalue weighted by atomic mass is 32.2. The summed E-state index contributed by atoms with van der Waals surface area (Å²) in [4.78, 5) is 0.156. The number of nitrogens with two attached hydrogens (primary N) is 1. The van der Waals surface area contributed by atoms with Crippen molar-refractivity contribution in [2.45, 2.75) is 23.8 Å². The molecule has 118 valence electrons. The summed E-state index contributed by atoms with van der Waals surface area (Å²) in [5.41, 5.74) is 4.61. The van der Waals surface area contributed by atoms with Crippen molar-refractivity contribution >= 4 is 19.9 Å². The van der Waals surface area contributed by atoms with Gasteiger partial charge in [-0.2, -0.15) is 4.31 Å². The van der Waals surface area contributed by atoms with E-state index in [0.717, 1.165) is 0 Å². The normalized spacial score (nSPS) is 25.3. The Morgan fingerprint density at radius 3 is 2.38 bits per heavy atom. The number of sulfonamides is 1. The zero-order valence-electron chi connectivity index (χ0n) is 11.9. The topological polar surface area (TPSA) is 97.5 Å². The lowest BCUT2D eigenvalue weighted by Crippen LogP contribution is -2.52. The van der Waals surface area contributed by atoms with Crippen molar-refractivity contribution in [1.29, 1.82) is 0 Å². The molecule has 8 heteroatoms. The lowest BCUT2D eigenvalue weighted by atomic mass is 10.0. The Kier molecular flexibility index (Phi) is 4.44. The molecule has 1 saturated heterocycles. The third-order valence-corrected chi connectivity index (χ3v) is 7.71. The predicted octanol–water partition coefficient (Wildman–Crippen LogP) is 0.213. The molecule has 0 spiro atoms. The van der Waals surface area contributed by atoms with Crippen LogP contribution < -0.4 is 5.73 Å². The number of nitrogens with zero attached hydrogens (tertiary/aromatic N) is 1. The molecule has 0 bridgehead atoms. The molecule has 1 aromatic rings. The van der Waals surface area contributed by atoms with Gasteiger partial charge in [0.05, 0.1) is 16.4 Å². The van der Waals surface area contributed by atoms with Crippen LogP contribution in [0.3, 0.4) is 0 Å². The van der Waals surface area contributed by atoms with E-state index in [4.69, 9.17) is 5.73 Å². The van der Waals surface area contributed by atoms with Crippen molar-refractivity contribution in [1.82, 2.24) is 4.31 Å². The third-order valence-electron chi connectivity index (χ3n) is 3.75. The molecule has 1 heterocycles. The van der Waals surface area contributed by atoms with Crippen LogP contribution >= 0.6 is 0 Å². The van der Waals surface area contributed by atoms with Crippen LogP contribution in [0.1, 0.15) is 13.3 Å². The maximum Gasteiger partial charge on any atom is 0.243 e. The second-order valence-corrected chi connectivity index (χ2v) is 9.56. The Balaban J connectivity index is 2.45. The van der Waals surface area contributed by atoms with Crippen molar-refractivity contribution in [3.05, 3.63) is 30.3 Å². The van der Waals surface area contributed by atoms with Gasteiger partial charge in [-0.05, 0) is 25.5 Å². The Hall–Kier alpha value is -0.960. The molecule has 0 radical (unpaired) electrons. The number of rotatable bonds is 5. The fourth-order valence-electron chi connectivity index (χ4n) is 2.71. The molecule has 0 unspecified atom stereocenters. The molecular formula is C13H20N2O4S2. The third kappa shape index (κ3) is 3.28. The summed E-state index contributed by atoms with van der Waals surface area (Å²) in [5.74, 6) is -0.152. The largest absolute Gasteiger partial charge is 0.329 e. The molecule has 0 saturated carbocycles. The minimum absolute atomic E-state index is 0.00881. The first kappa shape index (κ1) is 16.4.